The summed E-state index contributed by atoms with van der Waals surface area (Å²) in [6.07, 6.45) is 2.33. The van der Waals surface area contributed by atoms with Gasteiger partial charge in [-0.25, -0.2) is 4.39 Å². The molecule has 9 nitrogen and oxygen atoms in total. The molecule has 0 radical (unpaired) electrons. The van der Waals surface area contributed by atoms with Crippen molar-refractivity contribution in [2.24, 2.45) is 15.9 Å². The molecule has 4 rings (SSSR count). The number of nitrogens with two attached hydrogens (primary N) is 1. The van der Waals surface area contributed by atoms with Crippen LogP contribution in [0.25, 0.3) is 10.9 Å². The van der Waals surface area contributed by atoms with Crippen molar-refractivity contribution >= 4 is 34.4 Å². The molecule has 1 aliphatic rings. The predicted octanol–water partition coefficient (Wildman–Crippen LogP) is 2.53. The van der Waals surface area contributed by atoms with Crippen LogP contribution in [-0.4, -0.2) is 79.1 Å². The van der Waals surface area contributed by atoms with Gasteiger partial charge in [-0.15, -0.1) is 0 Å². The third-order valence-corrected chi connectivity index (χ3v) is 6.18. The average molecular weight is 493 g/mol. The highest BCUT2D eigenvalue weighted by molar-refractivity contribution is 6.38. The number of amides is 1. The Kier molecular flexibility index (Phi) is 8.19. The van der Waals surface area contributed by atoms with Gasteiger partial charge in [-0.2, -0.15) is 5.10 Å². The minimum absolute atomic E-state index is 0.0176. The molecule has 10 heteroatoms. The van der Waals surface area contributed by atoms with E-state index in [9.17, 15) is 14.0 Å². The van der Waals surface area contributed by atoms with Gasteiger partial charge in [0, 0.05) is 57.4 Å². The van der Waals surface area contributed by atoms with Crippen LogP contribution in [0.15, 0.2) is 63.4 Å². The summed E-state index contributed by atoms with van der Waals surface area (Å²) in [7, 11) is 1.70. The molecule has 188 valence electrons. The van der Waals surface area contributed by atoms with Gasteiger partial charge >= 0.3 is 0 Å². The molecule has 1 aliphatic heterocycles. The summed E-state index contributed by atoms with van der Waals surface area (Å²) in [5.41, 5.74) is 1.26. The van der Waals surface area contributed by atoms with Crippen LogP contribution in [-0.2, 0) is 4.74 Å². The van der Waals surface area contributed by atoms with Gasteiger partial charge < -0.3 is 20.5 Å². The van der Waals surface area contributed by atoms with Gasteiger partial charge in [-0.3, -0.25) is 19.5 Å². The maximum Gasteiger partial charge on any atom is 0.258 e. The van der Waals surface area contributed by atoms with Gasteiger partial charge in [0.1, 0.15) is 11.5 Å². The molecule has 36 heavy (non-hydrogen) atoms. The van der Waals surface area contributed by atoms with Crippen molar-refractivity contribution in [1.29, 1.82) is 0 Å². The third-order valence-electron chi connectivity index (χ3n) is 6.18. The van der Waals surface area contributed by atoms with Crippen LogP contribution in [0.4, 0.5) is 10.1 Å². The zero-order valence-electron chi connectivity index (χ0n) is 20.1. The Hall–Kier alpha value is -3.89. The number of H-pyrrole nitrogens is 1. The lowest BCUT2D eigenvalue weighted by molar-refractivity contribution is 0.0624. The topological polar surface area (TPSA) is 116 Å². The quantitative estimate of drug-likeness (QED) is 0.217. The Labute approximate surface area is 208 Å². The van der Waals surface area contributed by atoms with E-state index in [1.807, 2.05) is 4.90 Å². The highest BCUT2D eigenvalue weighted by Gasteiger charge is 2.21. The van der Waals surface area contributed by atoms with Crippen LogP contribution >= 0.6 is 0 Å². The van der Waals surface area contributed by atoms with Crippen LogP contribution in [0.3, 0.4) is 0 Å². The van der Waals surface area contributed by atoms with Gasteiger partial charge in [-0.05, 0) is 48.9 Å². The number of carbonyl (C=O) groups excluding carboxylic acids is 1. The van der Waals surface area contributed by atoms with Crippen molar-refractivity contribution in [2.45, 2.75) is 6.42 Å². The van der Waals surface area contributed by atoms with Crippen LogP contribution < -0.4 is 11.4 Å². The second kappa shape index (κ2) is 11.7. The third kappa shape index (κ3) is 5.84. The number of rotatable bonds is 8. The fourth-order valence-electron chi connectivity index (χ4n) is 4.17. The van der Waals surface area contributed by atoms with Crippen molar-refractivity contribution in [1.82, 2.24) is 14.8 Å². The van der Waals surface area contributed by atoms with Crippen molar-refractivity contribution in [3.8, 4) is 0 Å². The molecule has 1 fully saturated rings. The Morgan fingerprint density at radius 3 is 2.61 bits per heavy atom. The van der Waals surface area contributed by atoms with Crippen LogP contribution in [0.1, 0.15) is 22.3 Å². The molecule has 2 heterocycles. The highest BCUT2D eigenvalue weighted by atomic mass is 19.1. The maximum atomic E-state index is 14.2. The Morgan fingerprint density at radius 2 is 1.92 bits per heavy atom. The number of halogens is 1. The van der Waals surface area contributed by atoms with Gasteiger partial charge in [-0.1, -0.05) is 6.07 Å². The van der Waals surface area contributed by atoms with Gasteiger partial charge in [0.05, 0.1) is 23.0 Å². The molecule has 0 spiro atoms. The Morgan fingerprint density at radius 1 is 1.17 bits per heavy atom. The largest absolute Gasteiger partial charge is 0.385 e. The highest BCUT2D eigenvalue weighted by Crippen LogP contribution is 2.17. The molecule has 2 aromatic carbocycles. The number of hydrazone groups is 1. The first-order chi connectivity index (χ1) is 17.5. The SMILES string of the molecule is COCCCN1CCN(C(=O)c2ccc(N=CC(=NN)c3cc4c(F)cccc4[nH]c3=O)cc2)CC1. The number of piperazine rings is 1. The molecule has 0 bridgehead atoms. The summed E-state index contributed by atoms with van der Waals surface area (Å²) >= 11 is 0. The number of hydrogen-bond acceptors (Lipinski definition) is 7. The lowest BCUT2D eigenvalue weighted by Crippen LogP contribution is -2.48. The van der Waals surface area contributed by atoms with E-state index in [1.165, 1.54) is 24.4 Å². The first-order valence-corrected chi connectivity index (χ1v) is 11.7. The summed E-state index contributed by atoms with van der Waals surface area (Å²) in [6.45, 7) is 4.76. The Bertz CT molecular complexity index is 1330. The predicted molar refractivity (Wildman–Crippen MR) is 139 cm³/mol. The van der Waals surface area contributed by atoms with Crippen molar-refractivity contribution in [3.05, 3.63) is 75.8 Å². The lowest BCUT2D eigenvalue weighted by Gasteiger charge is -2.34. The molecule has 3 N–H and O–H groups in total. The number of aliphatic imine (C=N–C) groups is 1. The molecule has 0 unspecified atom stereocenters. The van der Waals surface area contributed by atoms with Crippen LogP contribution in [0, 0.1) is 5.82 Å². The number of aromatic nitrogens is 1. The van der Waals surface area contributed by atoms with E-state index in [2.05, 4.69) is 20.0 Å². The standard InChI is InChI=1S/C26H29FN6O3/c1-36-15-3-10-32-11-13-33(14-12-32)26(35)18-6-8-19(9-7-18)29-17-24(31-28)21-16-20-22(27)4-2-5-23(20)30-25(21)34/h2,4-9,16-17H,3,10-15,28H2,1H3,(H,30,34). The molecule has 1 saturated heterocycles. The zero-order chi connectivity index (χ0) is 25.5. The van der Waals surface area contributed by atoms with Crippen LogP contribution in [0.2, 0.25) is 0 Å². The molecular formula is C26H29FN6O3. The summed E-state index contributed by atoms with van der Waals surface area (Å²) < 4.78 is 19.3. The first-order valence-electron chi connectivity index (χ1n) is 11.7. The second-order valence-corrected chi connectivity index (χ2v) is 8.51. The molecule has 3 aromatic rings. The number of aromatic amines is 1. The number of pyridine rings is 1. The first kappa shape index (κ1) is 25.2. The number of nitrogens with zero attached hydrogens (tertiary/aromatic N) is 4. The van der Waals surface area contributed by atoms with E-state index in [0.717, 1.165) is 32.7 Å². The monoisotopic (exact) mass is 492 g/mol. The normalized spacial score (nSPS) is 15.2. The van der Waals surface area contributed by atoms with Crippen LogP contribution in [0.5, 0.6) is 0 Å². The molecule has 1 amide bonds. The lowest BCUT2D eigenvalue weighted by atomic mass is 10.1. The van der Waals surface area contributed by atoms with Crippen molar-refractivity contribution in [2.75, 3.05) is 46.4 Å². The minimum Gasteiger partial charge on any atom is -0.385 e. The average Bonchev–Trinajstić information content (AvgIpc) is 2.90. The summed E-state index contributed by atoms with van der Waals surface area (Å²) in [5.74, 6) is 5.02. The summed E-state index contributed by atoms with van der Waals surface area (Å²) in [4.78, 5) is 36.5. The maximum absolute atomic E-state index is 14.2. The fourth-order valence-corrected chi connectivity index (χ4v) is 4.17. The smallest absolute Gasteiger partial charge is 0.258 e. The number of ether oxygens (including phenoxy) is 1. The summed E-state index contributed by atoms with van der Waals surface area (Å²) in [6, 6.07) is 12.7. The van der Waals surface area contributed by atoms with E-state index >= 15 is 0 Å². The molecule has 0 atom stereocenters. The molecule has 0 saturated carbocycles. The Balaban J connectivity index is 1.41. The molecular weight excluding hydrogens is 463 g/mol. The number of nitrogens with one attached hydrogen (secondary N) is 1. The molecule has 1 aromatic heterocycles. The van der Waals surface area contributed by atoms with E-state index < -0.39 is 11.4 Å². The van der Waals surface area contributed by atoms with E-state index in [1.54, 1.807) is 37.4 Å². The van der Waals surface area contributed by atoms with E-state index in [0.29, 0.717) is 29.9 Å². The van der Waals surface area contributed by atoms with Crippen molar-refractivity contribution in [3.63, 3.8) is 0 Å². The van der Waals surface area contributed by atoms with Crippen molar-refractivity contribution < 1.29 is 13.9 Å². The summed E-state index contributed by atoms with van der Waals surface area (Å²) in [5, 5.41) is 3.91. The van der Waals surface area contributed by atoms with E-state index in [4.69, 9.17) is 10.6 Å². The zero-order valence-corrected chi connectivity index (χ0v) is 20.1. The van der Waals surface area contributed by atoms with Gasteiger partial charge in [0.15, 0.2) is 0 Å². The number of methoxy groups -OCH3 is 1. The van der Waals surface area contributed by atoms with Gasteiger partial charge in [0.25, 0.3) is 11.5 Å². The fraction of sp³-hybridized carbons (Fsp3) is 0.308. The number of benzene rings is 2. The number of fused-ring (bicyclic) bond motifs is 1. The molecule has 0 aliphatic carbocycles. The number of hydrogen-bond donors (Lipinski definition) is 2. The second-order valence-electron chi connectivity index (χ2n) is 8.51. The van der Waals surface area contributed by atoms with E-state index in [-0.39, 0.29) is 22.6 Å². The minimum atomic E-state index is -0.467. The van der Waals surface area contributed by atoms with Gasteiger partial charge in [0.2, 0.25) is 0 Å². The number of carbonyl (C=O) groups is 1.